The van der Waals surface area contributed by atoms with Crippen molar-refractivity contribution < 1.29 is 4.39 Å². The lowest BCUT2D eigenvalue weighted by molar-refractivity contribution is 0.636. The summed E-state index contributed by atoms with van der Waals surface area (Å²) in [5.41, 5.74) is 8.45. The third kappa shape index (κ3) is 3.30. The van der Waals surface area contributed by atoms with Crippen molar-refractivity contribution in [1.29, 1.82) is 5.26 Å². The molecule has 0 aliphatic heterocycles. The van der Waals surface area contributed by atoms with Crippen molar-refractivity contribution in [3.05, 3.63) is 72.1 Å². The molecule has 8 heteroatoms. The normalized spacial score (nSPS) is 11.8. The molecule has 0 fully saturated rings. The number of fused-ring (bicyclic) bond motifs is 1. The van der Waals surface area contributed by atoms with Gasteiger partial charge in [-0.3, -0.25) is 9.97 Å². The van der Waals surface area contributed by atoms with Crippen LogP contribution in [0.4, 0.5) is 16.0 Å². The summed E-state index contributed by atoms with van der Waals surface area (Å²) >= 11 is 0. The van der Waals surface area contributed by atoms with Crippen molar-refractivity contribution in [3.8, 4) is 17.3 Å². The van der Waals surface area contributed by atoms with E-state index in [2.05, 4.69) is 25.3 Å². The van der Waals surface area contributed by atoms with E-state index in [1.165, 1.54) is 12.4 Å². The third-order valence-electron chi connectivity index (χ3n) is 4.61. The number of pyridine rings is 2. The third-order valence-corrected chi connectivity index (χ3v) is 4.61. The lowest BCUT2D eigenvalue weighted by Crippen LogP contribution is -2.13. The number of nitriles is 1. The number of nitrogens with zero attached hydrogens (tertiary/aromatic N) is 5. The zero-order valence-electron chi connectivity index (χ0n) is 15.5. The Morgan fingerprint density at radius 2 is 1.97 bits per heavy atom. The van der Waals surface area contributed by atoms with Crippen LogP contribution in [-0.2, 0) is 0 Å². The average Bonchev–Trinajstić information content (AvgIpc) is 2.74. The van der Waals surface area contributed by atoms with Crippen LogP contribution in [0.2, 0.25) is 0 Å². The summed E-state index contributed by atoms with van der Waals surface area (Å²) in [7, 11) is 0. The molecule has 0 spiro atoms. The Morgan fingerprint density at radius 3 is 2.72 bits per heavy atom. The van der Waals surface area contributed by atoms with Crippen molar-refractivity contribution >= 4 is 22.5 Å². The van der Waals surface area contributed by atoms with Gasteiger partial charge in [0.25, 0.3) is 0 Å². The first-order chi connectivity index (χ1) is 14.1. The van der Waals surface area contributed by atoms with Crippen molar-refractivity contribution in [3.63, 3.8) is 0 Å². The van der Waals surface area contributed by atoms with Crippen LogP contribution in [0.5, 0.6) is 0 Å². The highest BCUT2D eigenvalue weighted by atomic mass is 19.1. The van der Waals surface area contributed by atoms with Crippen LogP contribution in [0.25, 0.3) is 22.2 Å². The molecule has 1 atom stereocenters. The summed E-state index contributed by atoms with van der Waals surface area (Å²) in [6.45, 7) is 1.90. The minimum Gasteiger partial charge on any atom is -0.382 e. The largest absolute Gasteiger partial charge is 0.382 e. The van der Waals surface area contributed by atoms with Gasteiger partial charge in [-0.1, -0.05) is 18.2 Å². The molecule has 0 aliphatic carbocycles. The van der Waals surface area contributed by atoms with Crippen molar-refractivity contribution in [2.45, 2.75) is 13.0 Å². The van der Waals surface area contributed by atoms with Gasteiger partial charge in [0, 0.05) is 28.9 Å². The number of para-hydroxylation sites is 1. The van der Waals surface area contributed by atoms with E-state index in [9.17, 15) is 9.65 Å². The zero-order chi connectivity index (χ0) is 20.4. The fraction of sp³-hybridized carbons (Fsp3) is 0.0952. The predicted molar refractivity (Wildman–Crippen MR) is 108 cm³/mol. The van der Waals surface area contributed by atoms with E-state index in [1.807, 2.05) is 37.3 Å². The molecule has 3 N–H and O–H groups in total. The first-order valence-electron chi connectivity index (χ1n) is 8.85. The summed E-state index contributed by atoms with van der Waals surface area (Å²) in [4.78, 5) is 16.8. The highest BCUT2D eigenvalue weighted by molar-refractivity contribution is 5.95. The van der Waals surface area contributed by atoms with E-state index in [0.717, 1.165) is 11.1 Å². The van der Waals surface area contributed by atoms with E-state index < -0.39 is 5.82 Å². The van der Waals surface area contributed by atoms with Crippen molar-refractivity contribution in [2.75, 3.05) is 11.1 Å². The van der Waals surface area contributed by atoms with Gasteiger partial charge in [0.1, 0.15) is 40.9 Å². The van der Waals surface area contributed by atoms with E-state index in [0.29, 0.717) is 16.9 Å². The lowest BCUT2D eigenvalue weighted by atomic mass is 9.96. The van der Waals surface area contributed by atoms with Gasteiger partial charge in [0.05, 0.1) is 11.7 Å². The maximum absolute atomic E-state index is 14.3. The van der Waals surface area contributed by atoms with Crippen molar-refractivity contribution in [2.24, 2.45) is 0 Å². The Hall–Kier alpha value is -4.12. The minimum atomic E-state index is -0.401. The van der Waals surface area contributed by atoms with E-state index in [-0.39, 0.29) is 22.9 Å². The van der Waals surface area contributed by atoms with Crippen molar-refractivity contribution in [1.82, 2.24) is 19.9 Å². The first-order valence-corrected chi connectivity index (χ1v) is 8.85. The van der Waals surface area contributed by atoms with Gasteiger partial charge in [-0.05, 0) is 25.1 Å². The fourth-order valence-corrected chi connectivity index (χ4v) is 3.23. The van der Waals surface area contributed by atoms with Crippen LogP contribution in [-0.4, -0.2) is 19.9 Å². The molecule has 0 aliphatic rings. The Bertz CT molecular complexity index is 1240. The molecule has 0 saturated carbocycles. The molecule has 3 aromatic heterocycles. The van der Waals surface area contributed by atoms with Gasteiger partial charge in [-0.2, -0.15) is 5.26 Å². The fourth-order valence-electron chi connectivity index (χ4n) is 3.23. The second kappa shape index (κ2) is 7.48. The van der Waals surface area contributed by atoms with Crippen LogP contribution < -0.4 is 11.1 Å². The molecule has 0 unspecified atom stereocenters. The number of benzene rings is 1. The van der Waals surface area contributed by atoms with Crippen LogP contribution in [0, 0.1) is 17.1 Å². The highest BCUT2D eigenvalue weighted by Gasteiger charge is 2.20. The highest BCUT2D eigenvalue weighted by Crippen LogP contribution is 2.35. The maximum atomic E-state index is 14.3. The van der Waals surface area contributed by atoms with Gasteiger partial charge in [-0.25, -0.2) is 14.4 Å². The Balaban J connectivity index is 1.88. The molecule has 4 rings (SSSR count). The Morgan fingerprint density at radius 1 is 1.10 bits per heavy atom. The number of aromatic nitrogens is 4. The van der Waals surface area contributed by atoms with Crippen LogP contribution in [0.1, 0.15) is 24.1 Å². The quantitative estimate of drug-likeness (QED) is 0.548. The molecular weight excluding hydrogens is 369 g/mol. The number of nitrogens with two attached hydrogens (primary N) is 1. The molecule has 0 saturated heterocycles. The number of nitrogens with one attached hydrogen (secondary N) is 1. The summed E-state index contributed by atoms with van der Waals surface area (Å²) in [5.74, 6) is 0.0156. The zero-order valence-corrected chi connectivity index (χ0v) is 15.5. The van der Waals surface area contributed by atoms with Gasteiger partial charge in [0.2, 0.25) is 0 Å². The van der Waals surface area contributed by atoms with Crippen LogP contribution in [0.3, 0.4) is 0 Å². The van der Waals surface area contributed by atoms with Gasteiger partial charge in [-0.15, -0.1) is 0 Å². The van der Waals surface area contributed by atoms with Gasteiger partial charge < -0.3 is 11.1 Å². The molecule has 3 heterocycles. The Labute approximate surface area is 166 Å². The standard InChI is InChI=1S/C21H16FN7/c1-12(29-21-14(9-23)20(24)27-11-28-21)15-10-26-19-13(5-4-6-16(19)22)18(15)17-7-2-3-8-25-17/h2-8,10-12H,1H3,(H3,24,27,28,29)/t12-/m1/s1. The van der Waals surface area contributed by atoms with E-state index >= 15 is 0 Å². The molecule has 7 nitrogen and oxygen atoms in total. The van der Waals surface area contributed by atoms with E-state index in [4.69, 9.17) is 5.73 Å². The number of anilines is 2. The average molecular weight is 385 g/mol. The van der Waals surface area contributed by atoms with E-state index in [1.54, 1.807) is 18.5 Å². The van der Waals surface area contributed by atoms with Gasteiger partial charge >= 0.3 is 0 Å². The number of hydrogen-bond acceptors (Lipinski definition) is 7. The molecule has 142 valence electrons. The number of nitrogen functional groups attached to an aromatic ring is 1. The number of halogens is 1. The topological polar surface area (TPSA) is 113 Å². The number of hydrogen-bond donors (Lipinski definition) is 2. The monoisotopic (exact) mass is 385 g/mol. The second-order valence-electron chi connectivity index (χ2n) is 6.40. The predicted octanol–water partition coefficient (Wildman–Crippen LogP) is 3.85. The van der Waals surface area contributed by atoms with Crippen LogP contribution in [0.15, 0.2) is 55.1 Å². The summed E-state index contributed by atoms with van der Waals surface area (Å²) in [6.07, 6.45) is 4.59. The van der Waals surface area contributed by atoms with Crippen LogP contribution >= 0.6 is 0 Å². The smallest absolute Gasteiger partial charge is 0.150 e. The lowest BCUT2D eigenvalue weighted by Gasteiger charge is -2.20. The molecule has 0 bridgehead atoms. The minimum absolute atomic E-state index is 0.0980. The first kappa shape index (κ1) is 18.3. The molecule has 29 heavy (non-hydrogen) atoms. The van der Waals surface area contributed by atoms with Gasteiger partial charge in [0.15, 0.2) is 0 Å². The summed E-state index contributed by atoms with van der Waals surface area (Å²) < 4.78 is 14.3. The Kier molecular flexibility index (Phi) is 4.71. The molecule has 0 amide bonds. The summed E-state index contributed by atoms with van der Waals surface area (Å²) in [5, 5.41) is 13.2. The SMILES string of the molecule is C[C@@H](Nc1ncnc(N)c1C#N)c1cnc2c(F)cccc2c1-c1ccccn1. The molecule has 0 radical (unpaired) electrons. The second-order valence-corrected chi connectivity index (χ2v) is 6.40. The molecular formula is C21H16FN7. The maximum Gasteiger partial charge on any atom is 0.150 e. The number of rotatable bonds is 4. The molecule has 4 aromatic rings. The molecule has 1 aromatic carbocycles. The summed E-state index contributed by atoms with van der Waals surface area (Å²) in [6, 6.07) is 12.1.